The Hall–Kier alpha value is -3.60. The largest absolute Gasteiger partial charge is 0.488 e. The number of fused-ring (bicyclic) bond motifs is 1. The Morgan fingerprint density at radius 1 is 0.917 bits per heavy atom. The van der Waals surface area contributed by atoms with Crippen molar-refractivity contribution in [2.45, 2.75) is 33.0 Å². The van der Waals surface area contributed by atoms with Gasteiger partial charge in [-0.3, -0.25) is 4.90 Å². The van der Waals surface area contributed by atoms with Crippen LogP contribution in [0.5, 0.6) is 11.5 Å². The number of ether oxygens (including phenoxy) is 2. The summed E-state index contributed by atoms with van der Waals surface area (Å²) < 4.78 is 11.9. The highest BCUT2D eigenvalue weighted by Gasteiger charge is 2.25. The van der Waals surface area contributed by atoms with Gasteiger partial charge in [0.1, 0.15) is 23.7 Å². The lowest BCUT2D eigenvalue weighted by atomic mass is 9.98. The quantitative estimate of drug-likeness (QED) is 0.203. The summed E-state index contributed by atoms with van der Waals surface area (Å²) in [5.74, 6) is 0.472. The van der Waals surface area contributed by atoms with E-state index in [-0.39, 0.29) is 0 Å². The van der Waals surface area contributed by atoms with Gasteiger partial charge in [-0.05, 0) is 59.4 Å². The van der Waals surface area contributed by atoms with E-state index in [1.165, 1.54) is 11.1 Å². The number of para-hydroxylation sites is 1. The molecular formula is C31H28ClNO3. The lowest BCUT2D eigenvalue weighted by Crippen LogP contribution is -2.30. The van der Waals surface area contributed by atoms with Gasteiger partial charge >= 0.3 is 5.97 Å². The van der Waals surface area contributed by atoms with E-state index in [0.717, 1.165) is 30.6 Å². The van der Waals surface area contributed by atoms with E-state index < -0.39 is 5.97 Å². The van der Waals surface area contributed by atoms with Crippen molar-refractivity contribution in [3.8, 4) is 11.5 Å². The summed E-state index contributed by atoms with van der Waals surface area (Å²) >= 11 is 6.86. The first kappa shape index (κ1) is 24.1. The Labute approximate surface area is 217 Å². The van der Waals surface area contributed by atoms with Crippen LogP contribution in [0.2, 0.25) is 5.02 Å². The first-order valence-corrected chi connectivity index (χ1v) is 12.5. The van der Waals surface area contributed by atoms with Crippen molar-refractivity contribution in [2.24, 2.45) is 0 Å². The van der Waals surface area contributed by atoms with Crippen molar-refractivity contribution in [2.75, 3.05) is 6.54 Å². The summed E-state index contributed by atoms with van der Waals surface area (Å²) in [6.45, 7) is 4.68. The third kappa shape index (κ3) is 5.46. The second-order valence-corrected chi connectivity index (χ2v) is 9.43. The topological polar surface area (TPSA) is 38.8 Å². The predicted molar refractivity (Wildman–Crippen MR) is 143 cm³/mol. The van der Waals surface area contributed by atoms with Gasteiger partial charge in [0.15, 0.2) is 0 Å². The summed E-state index contributed by atoms with van der Waals surface area (Å²) in [5.41, 5.74) is 5.72. The molecule has 0 saturated heterocycles. The zero-order valence-electron chi connectivity index (χ0n) is 20.2. The number of hydrogen-bond acceptors (Lipinski definition) is 4. The summed E-state index contributed by atoms with van der Waals surface area (Å²) in [4.78, 5) is 15.7. The average Bonchev–Trinajstić information content (AvgIpc) is 2.91. The van der Waals surface area contributed by atoms with E-state index in [9.17, 15) is 4.79 Å². The number of hydrogen-bond donors (Lipinski definition) is 0. The van der Waals surface area contributed by atoms with Gasteiger partial charge in [0.2, 0.25) is 0 Å². The van der Waals surface area contributed by atoms with Crippen LogP contribution in [0.4, 0.5) is 0 Å². The van der Waals surface area contributed by atoms with Crippen LogP contribution < -0.4 is 9.47 Å². The van der Waals surface area contributed by atoms with E-state index in [1.807, 2.05) is 61.5 Å². The molecule has 182 valence electrons. The zero-order valence-corrected chi connectivity index (χ0v) is 21.0. The first-order valence-electron chi connectivity index (χ1n) is 12.1. The Balaban J connectivity index is 1.45. The highest BCUT2D eigenvalue weighted by atomic mass is 35.5. The summed E-state index contributed by atoms with van der Waals surface area (Å²) in [5, 5.41) is 0.570. The molecule has 0 amide bonds. The van der Waals surface area contributed by atoms with E-state index in [4.69, 9.17) is 21.1 Å². The molecule has 4 aromatic rings. The third-order valence-corrected chi connectivity index (χ3v) is 7.06. The van der Waals surface area contributed by atoms with Gasteiger partial charge in [0.05, 0.1) is 0 Å². The molecule has 0 aliphatic carbocycles. The second kappa shape index (κ2) is 11.0. The van der Waals surface area contributed by atoms with Gasteiger partial charge in [0, 0.05) is 24.7 Å². The Kier molecular flexibility index (Phi) is 7.36. The number of esters is 1. The van der Waals surface area contributed by atoms with Gasteiger partial charge in [-0.1, -0.05) is 84.4 Å². The smallest absolute Gasteiger partial charge is 0.347 e. The minimum atomic E-state index is -0.484. The number of halogens is 1. The maximum atomic E-state index is 13.3. The molecular weight excluding hydrogens is 470 g/mol. The van der Waals surface area contributed by atoms with Crippen LogP contribution in [-0.2, 0) is 26.1 Å². The summed E-state index contributed by atoms with van der Waals surface area (Å²) in [7, 11) is 0. The molecule has 1 aliphatic heterocycles. The zero-order chi connectivity index (χ0) is 24.9. The first-order chi connectivity index (χ1) is 17.6. The van der Waals surface area contributed by atoms with E-state index >= 15 is 0 Å². The van der Waals surface area contributed by atoms with Crippen molar-refractivity contribution in [1.29, 1.82) is 0 Å². The number of carbonyl (C=O) groups excluding carboxylic acids is 1. The van der Waals surface area contributed by atoms with Gasteiger partial charge in [0.25, 0.3) is 0 Å². The highest BCUT2D eigenvalue weighted by Crippen LogP contribution is 2.35. The minimum Gasteiger partial charge on any atom is -0.488 e. The van der Waals surface area contributed by atoms with Crippen molar-refractivity contribution in [1.82, 2.24) is 4.90 Å². The highest BCUT2D eigenvalue weighted by molar-refractivity contribution is 6.32. The van der Waals surface area contributed by atoms with E-state index in [2.05, 4.69) is 29.2 Å². The number of carbonyl (C=O) groups is 1. The number of nitrogens with zero attached hydrogens (tertiary/aromatic N) is 1. The molecule has 0 bridgehead atoms. The molecule has 0 radical (unpaired) electrons. The molecule has 0 atom stereocenters. The van der Waals surface area contributed by atoms with Crippen molar-refractivity contribution >= 4 is 17.6 Å². The molecule has 0 N–H and O–H groups in total. The third-order valence-electron chi connectivity index (χ3n) is 6.54. The van der Waals surface area contributed by atoms with Gasteiger partial charge in [-0.25, -0.2) is 4.79 Å². The number of benzene rings is 4. The lowest BCUT2D eigenvalue weighted by molar-refractivity contribution is 0.0729. The Morgan fingerprint density at radius 2 is 1.58 bits per heavy atom. The molecule has 4 nitrogen and oxygen atoms in total. The molecule has 4 aromatic carbocycles. The van der Waals surface area contributed by atoms with Gasteiger partial charge in [-0.15, -0.1) is 0 Å². The monoisotopic (exact) mass is 497 g/mol. The standard InChI is InChI=1S/C31H28ClNO3/c1-22-29(31(34)36-27-14-6-3-7-15-27)28(35-21-23-10-4-2-5-11-23)18-26(30(22)32)20-33-17-16-24-12-8-9-13-25(24)19-33/h2-15,18H,16-17,19-21H2,1H3. The van der Waals surface area contributed by atoms with Crippen LogP contribution in [0.25, 0.3) is 0 Å². The average molecular weight is 498 g/mol. The summed E-state index contributed by atoms with van der Waals surface area (Å²) in [6.07, 6.45) is 1.01. The van der Waals surface area contributed by atoms with Crippen LogP contribution in [0, 0.1) is 6.92 Å². The molecule has 0 spiro atoms. The molecule has 1 aliphatic rings. The minimum absolute atomic E-state index is 0.337. The van der Waals surface area contributed by atoms with E-state index in [1.54, 1.807) is 12.1 Å². The molecule has 0 fully saturated rings. The van der Waals surface area contributed by atoms with Crippen LogP contribution in [0.1, 0.15) is 38.2 Å². The predicted octanol–water partition coefficient (Wildman–Crippen LogP) is 7.00. The maximum Gasteiger partial charge on any atom is 0.347 e. The normalized spacial score (nSPS) is 13.2. The number of rotatable bonds is 7. The van der Waals surface area contributed by atoms with E-state index in [0.29, 0.717) is 40.8 Å². The van der Waals surface area contributed by atoms with Crippen molar-refractivity contribution in [3.05, 3.63) is 129 Å². The molecule has 1 heterocycles. The van der Waals surface area contributed by atoms with Crippen LogP contribution in [0.15, 0.2) is 91.0 Å². The SMILES string of the molecule is Cc1c(Cl)c(CN2CCc3ccccc3C2)cc(OCc2ccccc2)c1C(=O)Oc1ccccc1. The fourth-order valence-electron chi connectivity index (χ4n) is 4.62. The van der Waals surface area contributed by atoms with Crippen LogP contribution >= 0.6 is 11.6 Å². The second-order valence-electron chi connectivity index (χ2n) is 9.05. The lowest BCUT2D eigenvalue weighted by Gasteiger charge is -2.29. The molecule has 0 unspecified atom stereocenters. The molecule has 5 rings (SSSR count). The Morgan fingerprint density at radius 3 is 2.33 bits per heavy atom. The fraction of sp³-hybridized carbons (Fsp3) is 0.194. The van der Waals surface area contributed by atoms with Crippen LogP contribution in [-0.4, -0.2) is 17.4 Å². The van der Waals surface area contributed by atoms with Gasteiger partial charge in [-0.2, -0.15) is 0 Å². The fourth-order valence-corrected chi connectivity index (χ4v) is 4.83. The molecule has 36 heavy (non-hydrogen) atoms. The van der Waals surface area contributed by atoms with Crippen molar-refractivity contribution in [3.63, 3.8) is 0 Å². The molecule has 5 heteroatoms. The maximum absolute atomic E-state index is 13.3. The Bertz CT molecular complexity index is 1360. The molecule has 0 aromatic heterocycles. The van der Waals surface area contributed by atoms with Gasteiger partial charge < -0.3 is 9.47 Å². The van der Waals surface area contributed by atoms with Crippen molar-refractivity contribution < 1.29 is 14.3 Å². The van der Waals surface area contributed by atoms with Crippen LogP contribution in [0.3, 0.4) is 0 Å². The molecule has 0 saturated carbocycles. The summed E-state index contributed by atoms with van der Waals surface area (Å²) in [6, 6.07) is 29.4.